The maximum atomic E-state index is 11.0. The van der Waals surface area contributed by atoms with Crippen LogP contribution in [0, 0.1) is 6.92 Å². The highest BCUT2D eigenvalue weighted by Crippen LogP contribution is 2.33. The average molecular weight is 368 g/mol. The van der Waals surface area contributed by atoms with Crippen molar-refractivity contribution in [1.82, 2.24) is 4.90 Å². The van der Waals surface area contributed by atoms with Gasteiger partial charge in [-0.1, -0.05) is 24.3 Å². The van der Waals surface area contributed by atoms with Crippen LogP contribution < -0.4 is 10.1 Å². The first-order chi connectivity index (χ1) is 13.0. The fraction of sp³-hybridized carbons (Fsp3) is 0.409. The number of aryl methyl sites for hydroxylation is 1. The smallest absolute Gasteiger partial charge is 0.221 e. The molecule has 0 radical (unpaired) electrons. The Morgan fingerprint density at radius 2 is 2.00 bits per heavy atom. The minimum Gasteiger partial charge on any atom is -0.491 e. The molecular weight excluding hydrogens is 340 g/mol. The molecule has 0 spiro atoms. The molecule has 1 aliphatic heterocycles. The van der Waals surface area contributed by atoms with Gasteiger partial charge in [0.1, 0.15) is 18.5 Å². The highest BCUT2D eigenvalue weighted by Gasteiger charge is 2.28. The summed E-state index contributed by atoms with van der Waals surface area (Å²) in [6.07, 6.45) is 1.73. The Hall–Kier alpha value is -2.37. The van der Waals surface area contributed by atoms with E-state index in [-0.39, 0.29) is 12.5 Å². The van der Waals surface area contributed by atoms with Gasteiger partial charge in [0.25, 0.3) is 0 Å². The standard InChI is InChI=1S/C22H28N2O3/c1-16-6-3-4-7-21(16)22-8-5-13-24(22)14-19(26)15-27-20-11-9-18(10-12-20)23-17(2)25/h3-4,6-7,9-12,19,22,26H,5,8,13-15H2,1-2H3,(H,23,25). The number of ether oxygens (including phenoxy) is 1. The van der Waals surface area contributed by atoms with E-state index >= 15 is 0 Å². The fourth-order valence-electron chi connectivity index (χ4n) is 3.71. The molecule has 1 heterocycles. The van der Waals surface area contributed by atoms with Gasteiger partial charge in [-0.25, -0.2) is 0 Å². The van der Waals surface area contributed by atoms with Gasteiger partial charge in [-0.3, -0.25) is 9.69 Å². The van der Waals surface area contributed by atoms with Gasteiger partial charge in [-0.2, -0.15) is 0 Å². The van der Waals surface area contributed by atoms with Crippen molar-refractivity contribution in [1.29, 1.82) is 0 Å². The number of aliphatic hydroxyl groups is 1. The van der Waals surface area contributed by atoms with Crippen molar-refractivity contribution in [3.05, 3.63) is 59.7 Å². The van der Waals surface area contributed by atoms with Gasteiger partial charge in [-0.05, 0) is 61.7 Å². The van der Waals surface area contributed by atoms with E-state index in [4.69, 9.17) is 4.74 Å². The minimum absolute atomic E-state index is 0.104. The lowest BCUT2D eigenvalue weighted by molar-refractivity contribution is -0.114. The Bertz CT molecular complexity index is 760. The molecule has 0 bridgehead atoms. The third-order valence-electron chi connectivity index (χ3n) is 4.97. The molecule has 5 nitrogen and oxygen atoms in total. The van der Waals surface area contributed by atoms with Crippen LogP contribution in [0.1, 0.15) is 36.9 Å². The fourth-order valence-corrected chi connectivity index (χ4v) is 3.71. The van der Waals surface area contributed by atoms with Crippen molar-refractivity contribution in [2.45, 2.75) is 38.8 Å². The van der Waals surface area contributed by atoms with Crippen molar-refractivity contribution < 1.29 is 14.6 Å². The van der Waals surface area contributed by atoms with Crippen molar-refractivity contribution in [3.63, 3.8) is 0 Å². The number of nitrogens with zero attached hydrogens (tertiary/aromatic N) is 1. The van der Waals surface area contributed by atoms with Crippen LogP contribution in [0.3, 0.4) is 0 Å². The SMILES string of the molecule is CC(=O)Nc1ccc(OCC(O)CN2CCCC2c2ccccc2C)cc1. The summed E-state index contributed by atoms with van der Waals surface area (Å²) in [5.41, 5.74) is 3.39. The van der Waals surface area contributed by atoms with Crippen molar-refractivity contribution in [2.75, 3.05) is 25.0 Å². The second-order valence-corrected chi connectivity index (χ2v) is 7.18. The van der Waals surface area contributed by atoms with Gasteiger partial charge in [0.05, 0.1) is 0 Å². The summed E-state index contributed by atoms with van der Waals surface area (Å²) in [5, 5.41) is 13.2. The molecule has 2 atom stereocenters. The average Bonchev–Trinajstić information content (AvgIpc) is 3.09. The number of rotatable bonds is 7. The molecule has 5 heteroatoms. The number of anilines is 1. The predicted octanol–water partition coefficient (Wildman–Crippen LogP) is 3.53. The van der Waals surface area contributed by atoms with E-state index < -0.39 is 6.10 Å². The number of benzene rings is 2. The van der Waals surface area contributed by atoms with E-state index in [0.29, 0.717) is 18.3 Å². The molecule has 1 fully saturated rings. The lowest BCUT2D eigenvalue weighted by atomic mass is 9.99. The summed E-state index contributed by atoms with van der Waals surface area (Å²) in [7, 11) is 0. The predicted molar refractivity (Wildman–Crippen MR) is 107 cm³/mol. The van der Waals surface area contributed by atoms with Crippen LogP contribution in [0.2, 0.25) is 0 Å². The van der Waals surface area contributed by atoms with Gasteiger partial charge in [-0.15, -0.1) is 0 Å². The van der Waals surface area contributed by atoms with Crippen LogP contribution in [0.4, 0.5) is 5.69 Å². The molecule has 2 aromatic rings. The Morgan fingerprint density at radius 3 is 2.70 bits per heavy atom. The monoisotopic (exact) mass is 368 g/mol. The molecule has 1 saturated heterocycles. The number of carbonyl (C=O) groups is 1. The summed E-state index contributed by atoms with van der Waals surface area (Å²) < 4.78 is 5.71. The summed E-state index contributed by atoms with van der Waals surface area (Å²) in [6.45, 7) is 5.47. The van der Waals surface area contributed by atoms with Crippen molar-refractivity contribution >= 4 is 11.6 Å². The Kier molecular flexibility index (Phi) is 6.48. The van der Waals surface area contributed by atoms with E-state index in [9.17, 15) is 9.90 Å². The van der Waals surface area contributed by atoms with E-state index in [1.165, 1.54) is 18.1 Å². The lowest BCUT2D eigenvalue weighted by Crippen LogP contribution is -2.35. The summed E-state index contributed by atoms with van der Waals surface area (Å²) in [5.74, 6) is 0.577. The minimum atomic E-state index is -0.551. The van der Waals surface area contributed by atoms with Crippen LogP contribution in [-0.2, 0) is 4.79 Å². The number of hydrogen-bond acceptors (Lipinski definition) is 4. The third-order valence-corrected chi connectivity index (χ3v) is 4.97. The number of hydrogen-bond donors (Lipinski definition) is 2. The Labute approximate surface area is 161 Å². The zero-order valence-corrected chi connectivity index (χ0v) is 16.0. The van der Waals surface area contributed by atoms with Gasteiger partial charge >= 0.3 is 0 Å². The maximum Gasteiger partial charge on any atom is 0.221 e. The molecule has 0 saturated carbocycles. The molecule has 144 valence electrons. The second-order valence-electron chi connectivity index (χ2n) is 7.18. The van der Waals surface area contributed by atoms with Gasteiger partial charge in [0.2, 0.25) is 5.91 Å². The zero-order chi connectivity index (χ0) is 19.2. The molecule has 2 unspecified atom stereocenters. The molecule has 2 N–H and O–H groups in total. The van der Waals surface area contributed by atoms with Crippen LogP contribution in [0.25, 0.3) is 0 Å². The van der Waals surface area contributed by atoms with E-state index in [1.54, 1.807) is 24.3 Å². The number of nitrogens with one attached hydrogen (secondary N) is 1. The quantitative estimate of drug-likeness (QED) is 0.785. The molecule has 3 rings (SSSR count). The highest BCUT2D eigenvalue weighted by atomic mass is 16.5. The van der Waals surface area contributed by atoms with E-state index in [1.807, 2.05) is 0 Å². The number of β-amino-alcohol motifs (C(OH)–C–C–N with tert-alkyl or cyclic N) is 1. The first kappa shape index (κ1) is 19.4. The Balaban J connectivity index is 1.52. The molecule has 27 heavy (non-hydrogen) atoms. The summed E-state index contributed by atoms with van der Waals surface area (Å²) >= 11 is 0. The summed E-state index contributed by atoms with van der Waals surface area (Å²) in [6, 6.07) is 16.0. The molecule has 1 amide bonds. The van der Waals surface area contributed by atoms with Gasteiger partial charge in [0, 0.05) is 25.2 Å². The van der Waals surface area contributed by atoms with Crippen LogP contribution in [0.5, 0.6) is 5.75 Å². The number of amides is 1. The number of likely N-dealkylation sites (tertiary alicyclic amines) is 1. The van der Waals surface area contributed by atoms with Crippen LogP contribution in [-0.4, -0.2) is 41.7 Å². The first-order valence-corrected chi connectivity index (χ1v) is 9.51. The van der Waals surface area contributed by atoms with Gasteiger partial charge < -0.3 is 15.2 Å². The van der Waals surface area contributed by atoms with E-state index in [2.05, 4.69) is 41.4 Å². The Morgan fingerprint density at radius 1 is 1.26 bits per heavy atom. The molecule has 1 aliphatic rings. The van der Waals surface area contributed by atoms with Gasteiger partial charge in [0.15, 0.2) is 0 Å². The molecule has 2 aromatic carbocycles. The van der Waals surface area contributed by atoms with Crippen molar-refractivity contribution in [2.24, 2.45) is 0 Å². The number of carbonyl (C=O) groups excluding carboxylic acids is 1. The van der Waals surface area contributed by atoms with Crippen LogP contribution >= 0.6 is 0 Å². The van der Waals surface area contributed by atoms with Crippen LogP contribution in [0.15, 0.2) is 48.5 Å². The zero-order valence-electron chi connectivity index (χ0n) is 16.0. The largest absolute Gasteiger partial charge is 0.491 e. The molecule has 0 aliphatic carbocycles. The summed E-state index contributed by atoms with van der Waals surface area (Å²) in [4.78, 5) is 13.4. The highest BCUT2D eigenvalue weighted by molar-refractivity contribution is 5.88. The molecular formula is C22H28N2O3. The van der Waals surface area contributed by atoms with E-state index in [0.717, 1.165) is 25.1 Å². The van der Waals surface area contributed by atoms with Crippen molar-refractivity contribution in [3.8, 4) is 5.75 Å². The number of aliphatic hydroxyl groups excluding tert-OH is 1. The second kappa shape index (κ2) is 9.02. The normalized spacial score (nSPS) is 18.3. The topological polar surface area (TPSA) is 61.8 Å². The maximum absolute atomic E-state index is 11.0. The molecule has 0 aromatic heterocycles. The third kappa shape index (κ3) is 5.31. The first-order valence-electron chi connectivity index (χ1n) is 9.51. The lowest BCUT2D eigenvalue weighted by Gasteiger charge is -2.28.